The molecule has 0 amide bonds. The van der Waals surface area contributed by atoms with E-state index in [1.807, 2.05) is 41.2 Å². The molecule has 3 heterocycles. The van der Waals surface area contributed by atoms with Crippen LogP contribution in [0, 0.1) is 0 Å². The van der Waals surface area contributed by atoms with Crippen molar-refractivity contribution in [3.05, 3.63) is 72.6 Å². The number of rotatable bonds is 5. The number of nitrogens with two attached hydrogens (primary N) is 1. The molecule has 2 aromatic carbocycles. The molecule has 1 atom stereocenters. The van der Waals surface area contributed by atoms with Gasteiger partial charge >= 0.3 is 0 Å². The molecule has 30 heavy (non-hydrogen) atoms. The number of hydrogen-bond acceptors (Lipinski definition) is 5. The summed E-state index contributed by atoms with van der Waals surface area (Å²) in [5, 5.41) is 5.65. The third kappa shape index (κ3) is 3.74. The number of pyridine rings is 1. The molecule has 0 radical (unpaired) electrons. The van der Waals surface area contributed by atoms with E-state index in [2.05, 4.69) is 34.3 Å². The van der Waals surface area contributed by atoms with Crippen molar-refractivity contribution in [2.75, 3.05) is 12.3 Å². The zero-order valence-corrected chi connectivity index (χ0v) is 16.7. The summed E-state index contributed by atoms with van der Waals surface area (Å²) in [5.74, 6) is 1.29. The molecule has 1 unspecified atom stereocenters. The third-order valence-electron chi connectivity index (χ3n) is 5.46. The number of nitrogen functional groups attached to an aromatic ring is 1. The lowest BCUT2D eigenvalue weighted by molar-refractivity contribution is -0.0366. The molecule has 2 N–H and O–H groups in total. The summed E-state index contributed by atoms with van der Waals surface area (Å²) in [6.45, 7) is 1.26. The minimum Gasteiger partial charge on any atom is -0.488 e. The highest BCUT2D eigenvalue weighted by atomic mass is 16.5. The van der Waals surface area contributed by atoms with E-state index in [0.717, 1.165) is 59.2 Å². The van der Waals surface area contributed by atoms with E-state index in [9.17, 15) is 0 Å². The molecule has 5 rings (SSSR count). The zero-order chi connectivity index (χ0) is 20.3. The monoisotopic (exact) mass is 400 g/mol. The van der Waals surface area contributed by atoms with Gasteiger partial charge in [-0.05, 0) is 49.1 Å². The normalized spacial score (nSPS) is 16.6. The largest absolute Gasteiger partial charge is 0.488 e. The van der Waals surface area contributed by atoms with E-state index in [0.29, 0.717) is 12.4 Å². The van der Waals surface area contributed by atoms with Gasteiger partial charge in [-0.1, -0.05) is 30.3 Å². The van der Waals surface area contributed by atoms with Gasteiger partial charge in [0.15, 0.2) is 6.23 Å². The zero-order valence-electron chi connectivity index (χ0n) is 16.7. The SMILES string of the molecule is Nc1ccc(-c2cc3c(cnn3C3CCCCO3)cc2OCc2ccccc2)cn1. The van der Waals surface area contributed by atoms with Crippen molar-refractivity contribution in [1.29, 1.82) is 0 Å². The van der Waals surface area contributed by atoms with Gasteiger partial charge in [-0.25, -0.2) is 9.67 Å². The highest BCUT2D eigenvalue weighted by Crippen LogP contribution is 2.36. The second kappa shape index (κ2) is 8.16. The van der Waals surface area contributed by atoms with Crippen molar-refractivity contribution in [1.82, 2.24) is 14.8 Å². The molecular weight excluding hydrogens is 376 g/mol. The molecule has 6 heteroatoms. The number of nitrogens with zero attached hydrogens (tertiary/aromatic N) is 3. The maximum atomic E-state index is 6.24. The highest BCUT2D eigenvalue weighted by molar-refractivity contribution is 5.88. The molecular formula is C24H24N4O2. The van der Waals surface area contributed by atoms with Crippen LogP contribution in [-0.2, 0) is 11.3 Å². The number of anilines is 1. The Balaban J connectivity index is 1.56. The Labute approximate surface area is 175 Å². The van der Waals surface area contributed by atoms with Crippen LogP contribution >= 0.6 is 0 Å². The Morgan fingerprint density at radius 2 is 1.97 bits per heavy atom. The number of benzene rings is 2. The first kappa shape index (κ1) is 18.6. The fourth-order valence-corrected chi connectivity index (χ4v) is 3.86. The van der Waals surface area contributed by atoms with E-state index >= 15 is 0 Å². The van der Waals surface area contributed by atoms with Gasteiger partial charge in [0.05, 0.1) is 11.7 Å². The standard InChI is InChI=1S/C24H24N4O2/c25-23-10-9-18(14-26-23)20-13-21-19(15-27-28(21)24-8-4-5-11-29-24)12-22(20)30-16-17-6-2-1-3-7-17/h1-3,6-7,9-10,12-15,24H,4-5,8,11,16H2,(H2,25,26). The maximum Gasteiger partial charge on any atom is 0.150 e. The molecule has 0 aliphatic carbocycles. The predicted molar refractivity (Wildman–Crippen MR) is 117 cm³/mol. The van der Waals surface area contributed by atoms with Crippen molar-refractivity contribution in [3.63, 3.8) is 0 Å². The molecule has 1 aliphatic rings. The van der Waals surface area contributed by atoms with Gasteiger partial charge in [0.1, 0.15) is 18.2 Å². The van der Waals surface area contributed by atoms with E-state index in [1.54, 1.807) is 6.20 Å². The van der Waals surface area contributed by atoms with Gasteiger partial charge in [0.25, 0.3) is 0 Å². The van der Waals surface area contributed by atoms with E-state index in [-0.39, 0.29) is 6.23 Å². The minimum absolute atomic E-state index is 0.0234. The first-order chi connectivity index (χ1) is 14.8. The second-order valence-corrected chi connectivity index (χ2v) is 7.56. The van der Waals surface area contributed by atoms with Gasteiger partial charge in [-0.15, -0.1) is 0 Å². The Kier molecular flexibility index (Phi) is 5.07. The van der Waals surface area contributed by atoms with E-state index < -0.39 is 0 Å². The molecule has 0 spiro atoms. The molecule has 2 aromatic heterocycles. The summed E-state index contributed by atoms with van der Waals surface area (Å²) >= 11 is 0. The summed E-state index contributed by atoms with van der Waals surface area (Å²) < 4.78 is 14.2. The first-order valence-corrected chi connectivity index (χ1v) is 10.3. The molecule has 1 saturated heterocycles. The van der Waals surface area contributed by atoms with E-state index in [4.69, 9.17) is 15.2 Å². The summed E-state index contributed by atoms with van der Waals surface area (Å²) in [4.78, 5) is 4.27. The number of hydrogen-bond donors (Lipinski definition) is 1. The molecule has 0 bridgehead atoms. The average molecular weight is 400 g/mol. The van der Waals surface area contributed by atoms with Gasteiger partial charge in [-0.2, -0.15) is 5.10 Å². The molecule has 4 aromatic rings. The van der Waals surface area contributed by atoms with Crippen molar-refractivity contribution in [2.45, 2.75) is 32.1 Å². The summed E-state index contributed by atoms with van der Waals surface area (Å²) in [6, 6.07) is 18.1. The Morgan fingerprint density at radius 3 is 2.73 bits per heavy atom. The molecule has 152 valence electrons. The van der Waals surface area contributed by atoms with Crippen LogP contribution < -0.4 is 10.5 Å². The Hall–Kier alpha value is -3.38. The third-order valence-corrected chi connectivity index (χ3v) is 5.46. The molecule has 6 nitrogen and oxygen atoms in total. The number of ether oxygens (including phenoxy) is 2. The van der Waals surface area contributed by atoms with Gasteiger partial charge in [0.2, 0.25) is 0 Å². The van der Waals surface area contributed by atoms with Crippen LogP contribution in [0.3, 0.4) is 0 Å². The lowest BCUT2D eigenvalue weighted by Gasteiger charge is -2.23. The van der Waals surface area contributed by atoms with Crippen LogP contribution in [0.25, 0.3) is 22.0 Å². The van der Waals surface area contributed by atoms with Crippen molar-refractivity contribution in [2.24, 2.45) is 0 Å². The fourth-order valence-electron chi connectivity index (χ4n) is 3.86. The highest BCUT2D eigenvalue weighted by Gasteiger charge is 2.20. The van der Waals surface area contributed by atoms with Gasteiger partial charge in [0, 0.05) is 29.3 Å². The predicted octanol–water partition coefficient (Wildman–Crippen LogP) is 4.96. The van der Waals surface area contributed by atoms with Crippen LogP contribution in [-0.4, -0.2) is 21.4 Å². The summed E-state index contributed by atoms with van der Waals surface area (Å²) in [6.07, 6.45) is 6.87. The minimum atomic E-state index is -0.0234. The lowest BCUT2D eigenvalue weighted by atomic mass is 10.0. The van der Waals surface area contributed by atoms with Gasteiger partial charge in [-0.3, -0.25) is 0 Å². The smallest absolute Gasteiger partial charge is 0.150 e. The number of fused-ring (bicyclic) bond motifs is 1. The Morgan fingerprint density at radius 1 is 1.07 bits per heavy atom. The first-order valence-electron chi connectivity index (χ1n) is 10.3. The topological polar surface area (TPSA) is 75.2 Å². The molecule has 1 fully saturated rings. The average Bonchev–Trinajstić information content (AvgIpc) is 3.22. The number of aromatic nitrogens is 3. The van der Waals surface area contributed by atoms with Crippen molar-refractivity contribution >= 4 is 16.7 Å². The van der Waals surface area contributed by atoms with Crippen LogP contribution in [0.2, 0.25) is 0 Å². The van der Waals surface area contributed by atoms with Crippen LogP contribution in [0.1, 0.15) is 31.1 Å². The quantitative estimate of drug-likeness (QED) is 0.512. The maximum absolute atomic E-state index is 6.24. The lowest BCUT2D eigenvalue weighted by Crippen LogP contribution is -2.18. The molecule has 1 aliphatic heterocycles. The van der Waals surface area contributed by atoms with Crippen LogP contribution in [0.5, 0.6) is 5.75 Å². The molecule has 0 saturated carbocycles. The van der Waals surface area contributed by atoms with E-state index in [1.165, 1.54) is 0 Å². The van der Waals surface area contributed by atoms with Crippen molar-refractivity contribution in [3.8, 4) is 16.9 Å². The summed E-state index contributed by atoms with van der Waals surface area (Å²) in [5.41, 5.74) is 9.86. The van der Waals surface area contributed by atoms with Crippen LogP contribution in [0.4, 0.5) is 5.82 Å². The summed E-state index contributed by atoms with van der Waals surface area (Å²) in [7, 11) is 0. The van der Waals surface area contributed by atoms with Crippen molar-refractivity contribution < 1.29 is 9.47 Å². The fraction of sp³-hybridized carbons (Fsp3) is 0.250. The Bertz CT molecular complexity index is 1130. The van der Waals surface area contributed by atoms with Crippen LogP contribution in [0.15, 0.2) is 67.0 Å². The second-order valence-electron chi connectivity index (χ2n) is 7.56. The van der Waals surface area contributed by atoms with Gasteiger partial charge < -0.3 is 15.2 Å².